The van der Waals surface area contributed by atoms with Crippen molar-refractivity contribution in [3.63, 3.8) is 0 Å². The van der Waals surface area contributed by atoms with Crippen molar-refractivity contribution in [1.82, 2.24) is 0 Å². The van der Waals surface area contributed by atoms with Crippen molar-refractivity contribution < 1.29 is 0 Å². The largest absolute Gasteiger partial charge is 0.282 e. The van der Waals surface area contributed by atoms with Gasteiger partial charge < -0.3 is 0 Å². The first kappa shape index (κ1) is 6.93. The molecule has 1 heterocycles. The van der Waals surface area contributed by atoms with Crippen LogP contribution in [0.3, 0.4) is 0 Å². The minimum Gasteiger partial charge on any atom is -0.282 e. The van der Waals surface area contributed by atoms with Crippen LogP contribution < -0.4 is 0 Å². The van der Waals surface area contributed by atoms with Gasteiger partial charge in [0.05, 0.1) is 0 Å². The van der Waals surface area contributed by atoms with E-state index in [1.54, 1.807) is 0 Å². The van der Waals surface area contributed by atoms with Gasteiger partial charge in [0.1, 0.15) is 0 Å². The van der Waals surface area contributed by atoms with Gasteiger partial charge in [-0.2, -0.15) is 0 Å². The van der Waals surface area contributed by atoms with Crippen LogP contribution in [0.1, 0.15) is 13.8 Å². The molecule has 52 valence electrons. The zero-order chi connectivity index (χ0) is 7.56. The molecule has 1 aliphatic heterocycles. The maximum Gasteiger partial charge on any atom is 0.151 e. The molecular weight excluding hydrogens is 124 g/mol. The summed E-state index contributed by atoms with van der Waals surface area (Å²) in [7, 11) is 0. The zero-order valence-electron chi connectivity index (χ0n) is 6.18. The van der Waals surface area contributed by atoms with Gasteiger partial charge >= 0.3 is 0 Å². The second-order valence-corrected chi connectivity index (χ2v) is 2.18. The van der Waals surface area contributed by atoms with Crippen LogP contribution in [0.5, 0.6) is 0 Å². The van der Waals surface area contributed by atoms with E-state index >= 15 is 0 Å². The monoisotopic (exact) mass is 134 g/mol. The summed E-state index contributed by atoms with van der Waals surface area (Å²) in [5.41, 5.74) is 1.79. The van der Waals surface area contributed by atoms with E-state index < -0.39 is 0 Å². The summed E-state index contributed by atoms with van der Waals surface area (Å²) in [5.74, 6) is 0.363. The van der Waals surface area contributed by atoms with Gasteiger partial charge in [-0.1, -0.05) is 6.08 Å². The molecular formula is C8H10N2. The maximum absolute atomic E-state index is 7.37. The standard InChI is InChI=1S/C8H10N2/c1-3-7-5-4-6(2)10-8(7)9/h3-5,9H,1-2H3/b7-3-,9-8?. The van der Waals surface area contributed by atoms with Crippen LogP contribution in [0.2, 0.25) is 0 Å². The van der Waals surface area contributed by atoms with E-state index in [-0.39, 0.29) is 0 Å². The van der Waals surface area contributed by atoms with Crippen molar-refractivity contribution in [1.29, 1.82) is 5.41 Å². The predicted molar refractivity (Wildman–Crippen MR) is 43.7 cm³/mol. The molecule has 0 aromatic carbocycles. The van der Waals surface area contributed by atoms with Crippen molar-refractivity contribution in [3.05, 3.63) is 23.8 Å². The molecule has 0 fully saturated rings. The van der Waals surface area contributed by atoms with E-state index in [9.17, 15) is 0 Å². The summed E-state index contributed by atoms with van der Waals surface area (Å²) in [6, 6.07) is 0. The molecule has 1 aliphatic rings. The normalized spacial score (nSPS) is 21.6. The summed E-state index contributed by atoms with van der Waals surface area (Å²) in [6.45, 7) is 3.79. The topological polar surface area (TPSA) is 36.2 Å². The number of nitrogens with one attached hydrogen (secondary N) is 1. The number of hydrogen-bond acceptors (Lipinski definition) is 1. The third-order valence-electron chi connectivity index (χ3n) is 1.38. The Morgan fingerprint density at radius 3 is 2.70 bits per heavy atom. The highest BCUT2D eigenvalue weighted by Gasteiger charge is 2.02. The smallest absolute Gasteiger partial charge is 0.151 e. The van der Waals surface area contributed by atoms with Crippen LogP contribution >= 0.6 is 0 Å². The van der Waals surface area contributed by atoms with Gasteiger partial charge in [-0.3, -0.25) is 5.41 Å². The Labute approximate surface area is 60.5 Å². The van der Waals surface area contributed by atoms with Crippen LogP contribution in [0, 0.1) is 5.41 Å². The molecule has 0 radical (unpaired) electrons. The molecule has 0 aromatic rings. The summed E-state index contributed by atoms with van der Waals surface area (Å²) in [4.78, 5) is 3.98. The Morgan fingerprint density at radius 1 is 1.50 bits per heavy atom. The summed E-state index contributed by atoms with van der Waals surface area (Å²) < 4.78 is 0. The molecule has 1 N–H and O–H groups in total. The lowest BCUT2D eigenvalue weighted by Gasteiger charge is -2.04. The fourth-order valence-electron chi connectivity index (χ4n) is 0.800. The van der Waals surface area contributed by atoms with Crippen molar-refractivity contribution in [2.45, 2.75) is 13.8 Å². The molecule has 0 aliphatic carbocycles. The van der Waals surface area contributed by atoms with Crippen molar-refractivity contribution in [3.8, 4) is 0 Å². The van der Waals surface area contributed by atoms with Crippen LogP contribution in [0.4, 0.5) is 0 Å². The van der Waals surface area contributed by atoms with E-state index in [1.807, 2.05) is 32.1 Å². The van der Waals surface area contributed by atoms with E-state index in [0.29, 0.717) is 5.84 Å². The minimum absolute atomic E-state index is 0.363. The lowest BCUT2D eigenvalue weighted by molar-refractivity contribution is 1.40. The van der Waals surface area contributed by atoms with E-state index in [1.165, 1.54) is 0 Å². The van der Waals surface area contributed by atoms with Crippen molar-refractivity contribution in [2.75, 3.05) is 0 Å². The molecule has 0 bridgehead atoms. The van der Waals surface area contributed by atoms with Crippen LogP contribution in [-0.2, 0) is 0 Å². The number of aliphatic imine (C=N–C) groups is 1. The number of allylic oxidation sites excluding steroid dienone is 2. The van der Waals surface area contributed by atoms with Crippen molar-refractivity contribution >= 4 is 11.5 Å². The van der Waals surface area contributed by atoms with Gasteiger partial charge in [0.2, 0.25) is 0 Å². The molecule has 0 saturated carbocycles. The molecule has 0 aromatic heterocycles. The first-order valence-electron chi connectivity index (χ1n) is 3.22. The molecule has 0 spiro atoms. The average molecular weight is 134 g/mol. The van der Waals surface area contributed by atoms with Crippen LogP contribution in [0.15, 0.2) is 28.8 Å². The highest BCUT2D eigenvalue weighted by molar-refractivity contribution is 6.12. The van der Waals surface area contributed by atoms with E-state index in [2.05, 4.69) is 4.99 Å². The Morgan fingerprint density at radius 2 is 2.20 bits per heavy atom. The fourth-order valence-corrected chi connectivity index (χ4v) is 0.800. The first-order chi connectivity index (χ1) is 4.74. The lowest BCUT2D eigenvalue weighted by atomic mass is 10.1. The highest BCUT2D eigenvalue weighted by Crippen LogP contribution is 2.06. The number of rotatable bonds is 0. The Bertz CT molecular complexity index is 244. The summed E-state index contributed by atoms with van der Waals surface area (Å²) >= 11 is 0. The van der Waals surface area contributed by atoms with Gasteiger partial charge in [0, 0.05) is 11.3 Å². The summed E-state index contributed by atoms with van der Waals surface area (Å²) in [5, 5.41) is 7.37. The fraction of sp³-hybridized carbons (Fsp3) is 0.250. The van der Waals surface area contributed by atoms with E-state index in [0.717, 1.165) is 11.3 Å². The minimum atomic E-state index is 0.363. The van der Waals surface area contributed by atoms with Crippen LogP contribution in [-0.4, -0.2) is 11.5 Å². The van der Waals surface area contributed by atoms with Crippen LogP contribution in [0.25, 0.3) is 0 Å². The molecule has 0 saturated heterocycles. The lowest BCUT2D eigenvalue weighted by Crippen LogP contribution is -2.03. The predicted octanol–water partition coefficient (Wildman–Crippen LogP) is 1.94. The third-order valence-corrected chi connectivity index (χ3v) is 1.38. The van der Waals surface area contributed by atoms with Crippen molar-refractivity contribution in [2.24, 2.45) is 4.99 Å². The van der Waals surface area contributed by atoms with E-state index in [4.69, 9.17) is 5.41 Å². The first-order valence-corrected chi connectivity index (χ1v) is 3.22. The van der Waals surface area contributed by atoms with Gasteiger partial charge in [0.15, 0.2) is 5.84 Å². The third kappa shape index (κ3) is 1.21. The Balaban J connectivity index is 2.95. The Kier molecular flexibility index (Phi) is 1.81. The quantitative estimate of drug-likeness (QED) is 0.525. The number of dihydropyridines is 1. The maximum atomic E-state index is 7.37. The van der Waals surface area contributed by atoms with Gasteiger partial charge in [-0.15, -0.1) is 0 Å². The zero-order valence-corrected chi connectivity index (χ0v) is 6.18. The molecule has 0 amide bonds. The molecule has 2 heteroatoms. The van der Waals surface area contributed by atoms with Gasteiger partial charge in [-0.05, 0) is 26.0 Å². The number of hydrogen-bond donors (Lipinski definition) is 1. The second kappa shape index (κ2) is 2.60. The van der Waals surface area contributed by atoms with Gasteiger partial charge in [-0.25, -0.2) is 4.99 Å². The molecule has 0 unspecified atom stereocenters. The SMILES string of the molecule is C/C=C1/C=CC(C)=NC1=N. The number of amidine groups is 1. The second-order valence-electron chi connectivity index (χ2n) is 2.18. The summed E-state index contributed by atoms with van der Waals surface area (Å²) in [6.07, 6.45) is 5.70. The number of nitrogens with zero attached hydrogens (tertiary/aromatic N) is 1. The average Bonchev–Trinajstić information content (AvgIpc) is 1.88. The molecule has 1 rings (SSSR count). The molecule has 2 nitrogen and oxygen atoms in total. The molecule has 0 atom stereocenters. The highest BCUT2D eigenvalue weighted by atomic mass is 14.8. The van der Waals surface area contributed by atoms with Gasteiger partial charge in [0.25, 0.3) is 0 Å². The Hall–Kier alpha value is -1.18. The molecule has 10 heavy (non-hydrogen) atoms.